The second kappa shape index (κ2) is 4.64. The number of amides is 1. The van der Waals surface area contributed by atoms with Crippen molar-refractivity contribution in [3.05, 3.63) is 29.3 Å². The quantitative estimate of drug-likeness (QED) is 0.737. The lowest BCUT2D eigenvalue weighted by Gasteiger charge is -2.31. The highest BCUT2D eigenvalue weighted by molar-refractivity contribution is 5.67. The van der Waals surface area contributed by atoms with Crippen LogP contribution in [0.4, 0.5) is 23.7 Å². The summed E-state index contributed by atoms with van der Waals surface area (Å²) in [5.74, 6) is 0. The van der Waals surface area contributed by atoms with Crippen LogP contribution in [0.2, 0.25) is 0 Å². The lowest BCUT2D eigenvalue weighted by molar-refractivity contribution is -0.137. The Morgan fingerprint density at radius 1 is 1.47 bits per heavy atom. The van der Waals surface area contributed by atoms with Crippen LogP contribution in [0.15, 0.2) is 18.2 Å². The van der Waals surface area contributed by atoms with Crippen molar-refractivity contribution < 1.29 is 23.1 Å². The lowest BCUT2D eigenvalue weighted by Crippen LogP contribution is -2.35. The largest absolute Gasteiger partial charge is 0.465 e. The van der Waals surface area contributed by atoms with Crippen molar-refractivity contribution in [1.82, 2.24) is 5.32 Å². The molecule has 0 aromatic heterocycles. The molecule has 0 bridgehead atoms. The third-order valence-corrected chi connectivity index (χ3v) is 3.04. The molecule has 19 heavy (non-hydrogen) atoms. The summed E-state index contributed by atoms with van der Waals surface area (Å²) in [7, 11) is 0. The number of alkyl halides is 3. The Morgan fingerprint density at radius 2 is 2.16 bits per heavy atom. The van der Waals surface area contributed by atoms with Gasteiger partial charge in [-0.1, -0.05) is 6.07 Å². The molecular weight excluding hydrogens is 261 g/mol. The van der Waals surface area contributed by atoms with Gasteiger partial charge < -0.3 is 15.7 Å². The van der Waals surface area contributed by atoms with Gasteiger partial charge in [0.05, 0.1) is 11.6 Å². The van der Waals surface area contributed by atoms with Crippen LogP contribution in [0.1, 0.15) is 30.5 Å². The molecule has 2 unspecified atom stereocenters. The molecule has 1 amide bonds. The standard InChI is InChI=1S/C12H13F3N2O2/c1-6-4-9(17-11(18)19)8-3-2-7(12(13,14)15)5-10(8)16-6/h2-3,5-6,9,16-17H,4H2,1H3,(H,18,19). The van der Waals surface area contributed by atoms with E-state index in [-0.39, 0.29) is 6.04 Å². The lowest BCUT2D eigenvalue weighted by atomic mass is 9.92. The van der Waals surface area contributed by atoms with Gasteiger partial charge in [-0.25, -0.2) is 4.79 Å². The number of carboxylic acid groups (broad SMARTS) is 1. The van der Waals surface area contributed by atoms with Crippen LogP contribution in [0.25, 0.3) is 0 Å². The van der Waals surface area contributed by atoms with Gasteiger partial charge >= 0.3 is 12.3 Å². The molecule has 0 fully saturated rings. The third-order valence-electron chi connectivity index (χ3n) is 3.04. The number of fused-ring (bicyclic) bond motifs is 1. The molecule has 0 aliphatic carbocycles. The van der Waals surface area contributed by atoms with Gasteiger partial charge in [-0.15, -0.1) is 0 Å². The summed E-state index contributed by atoms with van der Waals surface area (Å²) in [5, 5.41) is 14.0. The molecular formula is C12H13F3N2O2. The smallest absolute Gasteiger partial charge is 0.416 e. The van der Waals surface area contributed by atoms with E-state index in [4.69, 9.17) is 5.11 Å². The van der Waals surface area contributed by atoms with Gasteiger partial charge in [0.25, 0.3) is 0 Å². The normalized spacial score (nSPS) is 22.3. The van der Waals surface area contributed by atoms with E-state index < -0.39 is 23.9 Å². The van der Waals surface area contributed by atoms with Crippen molar-refractivity contribution in [2.45, 2.75) is 31.6 Å². The number of rotatable bonds is 1. The molecule has 0 saturated carbocycles. The molecule has 0 saturated heterocycles. The van der Waals surface area contributed by atoms with Gasteiger partial charge in [0, 0.05) is 11.7 Å². The molecule has 0 spiro atoms. The van der Waals surface area contributed by atoms with Gasteiger partial charge in [-0.05, 0) is 31.0 Å². The summed E-state index contributed by atoms with van der Waals surface area (Å²) in [4.78, 5) is 10.7. The third kappa shape index (κ3) is 2.91. The van der Waals surface area contributed by atoms with Gasteiger partial charge in [0.1, 0.15) is 0 Å². The second-order valence-corrected chi connectivity index (χ2v) is 4.58. The summed E-state index contributed by atoms with van der Waals surface area (Å²) in [5.41, 5.74) is 0.114. The van der Waals surface area contributed by atoms with Crippen molar-refractivity contribution in [2.24, 2.45) is 0 Å². The topological polar surface area (TPSA) is 61.4 Å². The fourth-order valence-corrected chi connectivity index (χ4v) is 2.25. The van der Waals surface area contributed by atoms with E-state index in [9.17, 15) is 18.0 Å². The molecule has 2 atom stereocenters. The van der Waals surface area contributed by atoms with E-state index in [1.54, 1.807) is 6.92 Å². The Morgan fingerprint density at radius 3 is 2.74 bits per heavy atom. The molecule has 2 rings (SSSR count). The SMILES string of the molecule is CC1CC(NC(=O)O)c2ccc(C(F)(F)F)cc2N1. The van der Waals surface area contributed by atoms with E-state index in [1.165, 1.54) is 6.07 Å². The van der Waals surface area contributed by atoms with Crippen LogP contribution >= 0.6 is 0 Å². The van der Waals surface area contributed by atoms with Crippen LogP contribution < -0.4 is 10.6 Å². The van der Waals surface area contributed by atoms with Crippen LogP contribution in [-0.2, 0) is 6.18 Å². The van der Waals surface area contributed by atoms with E-state index in [1.807, 2.05) is 0 Å². The zero-order valence-electron chi connectivity index (χ0n) is 10.1. The summed E-state index contributed by atoms with van der Waals surface area (Å²) in [6, 6.07) is 2.70. The molecule has 1 aliphatic rings. The van der Waals surface area contributed by atoms with Gasteiger partial charge in [-0.3, -0.25) is 0 Å². The number of hydrogen-bond donors (Lipinski definition) is 3. The minimum Gasteiger partial charge on any atom is -0.465 e. The summed E-state index contributed by atoms with van der Waals surface area (Å²) in [6.45, 7) is 1.79. The van der Waals surface area contributed by atoms with Crippen LogP contribution in [-0.4, -0.2) is 17.2 Å². The van der Waals surface area contributed by atoms with Crippen LogP contribution in [0.5, 0.6) is 0 Å². The highest BCUT2D eigenvalue weighted by Crippen LogP contribution is 2.37. The first-order valence-electron chi connectivity index (χ1n) is 5.74. The predicted molar refractivity (Wildman–Crippen MR) is 63.0 cm³/mol. The van der Waals surface area contributed by atoms with Crippen molar-refractivity contribution in [3.63, 3.8) is 0 Å². The molecule has 3 N–H and O–H groups in total. The molecule has 4 nitrogen and oxygen atoms in total. The molecule has 104 valence electrons. The average Bonchev–Trinajstić information content (AvgIpc) is 2.25. The van der Waals surface area contributed by atoms with Crippen molar-refractivity contribution in [1.29, 1.82) is 0 Å². The van der Waals surface area contributed by atoms with Gasteiger partial charge in [0.2, 0.25) is 0 Å². The van der Waals surface area contributed by atoms with E-state index in [0.29, 0.717) is 17.7 Å². The Kier molecular flexibility index (Phi) is 3.30. The Bertz CT molecular complexity index is 502. The first-order chi connectivity index (χ1) is 8.77. The van der Waals surface area contributed by atoms with Crippen molar-refractivity contribution >= 4 is 11.8 Å². The molecule has 1 aromatic rings. The predicted octanol–water partition coefficient (Wildman–Crippen LogP) is 3.22. The maximum absolute atomic E-state index is 12.6. The van der Waals surface area contributed by atoms with Gasteiger partial charge in [-0.2, -0.15) is 13.2 Å². The molecule has 1 heterocycles. The first kappa shape index (κ1) is 13.5. The Labute approximate surface area is 107 Å². The molecule has 1 aliphatic heterocycles. The number of anilines is 1. The highest BCUT2D eigenvalue weighted by atomic mass is 19.4. The maximum Gasteiger partial charge on any atom is 0.416 e. The van der Waals surface area contributed by atoms with Crippen LogP contribution in [0.3, 0.4) is 0 Å². The number of nitrogens with one attached hydrogen (secondary N) is 2. The zero-order valence-corrected chi connectivity index (χ0v) is 10.1. The Balaban J connectivity index is 2.38. The number of carbonyl (C=O) groups is 1. The van der Waals surface area contributed by atoms with E-state index in [0.717, 1.165) is 12.1 Å². The van der Waals surface area contributed by atoms with Gasteiger partial charge in [0.15, 0.2) is 0 Å². The summed E-state index contributed by atoms with van der Waals surface area (Å²) in [6.07, 6.45) is -5.11. The van der Waals surface area contributed by atoms with E-state index in [2.05, 4.69) is 10.6 Å². The van der Waals surface area contributed by atoms with Crippen molar-refractivity contribution in [3.8, 4) is 0 Å². The molecule has 0 radical (unpaired) electrons. The summed E-state index contributed by atoms with van der Waals surface area (Å²) < 4.78 is 37.9. The molecule has 1 aromatic carbocycles. The number of benzene rings is 1. The zero-order chi connectivity index (χ0) is 14.2. The fourth-order valence-electron chi connectivity index (χ4n) is 2.25. The fraction of sp³-hybridized carbons (Fsp3) is 0.417. The van der Waals surface area contributed by atoms with Crippen molar-refractivity contribution in [2.75, 3.05) is 5.32 Å². The average molecular weight is 274 g/mol. The van der Waals surface area contributed by atoms with Crippen LogP contribution in [0, 0.1) is 0 Å². The number of hydrogen-bond acceptors (Lipinski definition) is 2. The second-order valence-electron chi connectivity index (χ2n) is 4.58. The monoisotopic (exact) mass is 274 g/mol. The maximum atomic E-state index is 12.6. The van der Waals surface area contributed by atoms with E-state index >= 15 is 0 Å². The minimum atomic E-state index is -4.41. The molecule has 7 heteroatoms. The Hall–Kier alpha value is -1.92. The minimum absolute atomic E-state index is 0.104. The highest BCUT2D eigenvalue weighted by Gasteiger charge is 2.33. The first-order valence-corrected chi connectivity index (χ1v) is 5.74. The summed E-state index contributed by atoms with van der Waals surface area (Å²) >= 11 is 0. The number of halogens is 3.